The fourth-order valence-corrected chi connectivity index (χ4v) is 5.32. The average molecular weight is 536 g/mol. The van der Waals surface area contributed by atoms with E-state index in [4.69, 9.17) is 4.84 Å². The second kappa shape index (κ2) is 16.0. The van der Waals surface area contributed by atoms with Gasteiger partial charge in [0.1, 0.15) is 0 Å². The van der Waals surface area contributed by atoms with Crippen LogP contribution in [0.3, 0.4) is 0 Å². The molecule has 3 rings (SSSR count). The van der Waals surface area contributed by atoms with Gasteiger partial charge in [0.05, 0.1) is 10.6 Å². The maximum absolute atomic E-state index is 11.5. The third-order valence-electron chi connectivity index (χ3n) is 7.52. The molecule has 7 heteroatoms. The van der Waals surface area contributed by atoms with E-state index in [9.17, 15) is 14.9 Å². The quantitative estimate of drug-likeness (QED) is 0.0533. The number of rotatable bonds is 18. The van der Waals surface area contributed by atoms with Crippen LogP contribution < -0.4 is 0 Å². The molecule has 0 unspecified atom stereocenters. The highest BCUT2D eigenvalue weighted by Gasteiger charge is 2.16. The summed E-state index contributed by atoms with van der Waals surface area (Å²) in [6.45, 7) is 6.23. The number of unbranched alkanes of at least 4 members (excludes halogenated alkanes) is 13. The topological polar surface area (TPSA) is 86.7 Å². The number of carbonyl (C=O) groups excluding carboxylic acids is 1. The van der Waals surface area contributed by atoms with Gasteiger partial charge < -0.3 is 9.40 Å². The van der Waals surface area contributed by atoms with E-state index in [-0.39, 0.29) is 10.6 Å². The first-order valence-corrected chi connectivity index (χ1v) is 14.8. The molecule has 0 aliphatic rings. The molecular weight excluding hydrogens is 490 g/mol. The second-order valence-electron chi connectivity index (χ2n) is 10.7. The number of fused-ring (bicyclic) bond motifs is 3. The standard InChI is InChI=1S/C32H45N3O4/c1-4-5-6-7-8-9-10-11-12-13-14-15-16-17-22-34-31-20-18-27(25(2)33-39-26(3)36)23-29(31)30-24-28(35(37)38)19-21-32(30)34/h18-21,23-24H,4-17,22H2,1-3H3/b33-25+. The Morgan fingerprint density at radius 1 is 0.795 bits per heavy atom. The maximum Gasteiger partial charge on any atom is 0.331 e. The first-order chi connectivity index (χ1) is 18.9. The molecule has 2 aromatic carbocycles. The Morgan fingerprint density at radius 2 is 1.31 bits per heavy atom. The van der Waals surface area contributed by atoms with E-state index in [0.29, 0.717) is 5.71 Å². The molecule has 1 heterocycles. The fraction of sp³-hybridized carbons (Fsp3) is 0.562. The zero-order chi connectivity index (χ0) is 28.0. The van der Waals surface area contributed by atoms with E-state index in [1.54, 1.807) is 19.1 Å². The first kappa shape index (κ1) is 30.3. The van der Waals surface area contributed by atoms with Gasteiger partial charge in [-0.1, -0.05) is 102 Å². The van der Waals surface area contributed by atoms with Crippen LogP contribution in [0.1, 0.15) is 116 Å². The van der Waals surface area contributed by atoms with Crippen molar-refractivity contribution in [2.45, 2.75) is 117 Å². The van der Waals surface area contributed by atoms with Crippen LogP contribution in [-0.2, 0) is 16.2 Å². The number of non-ortho nitro benzene ring substituents is 1. The molecule has 1 aromatic heterocycles. The van der Waals surface area contributed by atoms with Crippen LogP contribution in [0.5, 0.6) is 0 Å². The van der Waals surface area contributed by atoms with E-state index in [2.05, 4.69) is 16.6 Å². The van der Waals surface area contributed by atoms with E-state index >= 15 is 0 Å². The lowest BCUT2D eigenvalue weighted by Crippen LogP contribution is -2.00. The van der Waals surface area contributed by atoms with Gasteiger partial charge in [0.2, 0.25) is 0 Å². The number of nitro groups is 1. The number of carbonyl (C=O) groups is 1. The summed E-state index contributed by atoms with van der Waals surface area (Å²) in [5, 5.41) is 17.2. The molecule has 0 fully saturated rings. The summed E-state index contributed by atoms with van der Waals surface area (Å²) in [7, 11) is 0. The van der Waals surface area contributed by atoms with Crippen molar-refractivity contribution in [2.75, 3.05) is 0 Å². The highest BCUT2D eigenvalue weighted by atomic mass is 16.7. The van der Waals surface area contributed by atoms with Crippen LogP contribution in [0.2, 0.25) is 0 Å². The molecule has 0 saturated carbocycles. The number of nitrogens with zero attached hydrogens (tertiary/aromatic N) is 3. The maximum atomic E-state index is 11.5. The van der Waals surface area contributed by atoms with Crippen molar-refractivity contribution in [1.82, 2.24) is 4.57 Å². The highest BCUT2D eigenvalue weighted by Crippen LogP contribution is 2.33. The van der Waals surface area contributed by atoms with Gasteiger partial charge in [-0.05, 0) is 37.1 Å². The molecule has 3 aromatic rings. The predicted octanol–water partition coefficient (Wildman–Crippen LogP) is 9.47. The molecule has 0 N–H and O–H groups in total. The Balaban J connectivity index is 1.56. The van der Waals surface area contributed by atoms with Gasteiger partial charge in [-0.3, -0.25) is 10.1 Å². The Labute approximate surface area is 232 Å². The largest absolute Gasteiger partial charge is 0.340 e. The summed E-state index contributed by atoms with van der Waals surface area (Å²) >= 11 is 0. The molecule has 0 spiro atoms. The lowest BCUT2D eigenvalue weighted by Gasteiger charge is -2.08. The summed E-state index contributed by atoms with van der Waals surface area (Å²) in [6.07, 6.45) is 18.5. The molecule has 0 aliphatic carbocycles. The minimum Gasteiger partial charge on any atom is -0.340 e. The molecule has 0 saturated heterocycles. The molecule has 0 atom stereocenters. The van der Waals surface area contributed by atoms with Crippen molar-refractivity contribution in [2.24, 2.45) is 5.16 Å². The SMILES string of the molecule is CCCCCCCCCCCCCCCCn1c2ccc(/C(C)=N/OC(C)=O)cc2c2cc([N+](=O)[O-])ccc21. The monoisotopic (exact) mass is 535 g/mol. The summed E-state index contributed by atoms with van der Waals surface area (Å²) in [5.74, 6) is -0.476. The smallest absolute Gasteiger partial charge is 0.331 e. The normalized spacial score (nSPS) is 11.9. The van der Waals surface area contributed by atoms with Gasteiger partial charge in [-0.15, -0.1) is 0 Å². The highest BCUT2D eigenvalue weighted by molar-refractivity contribution is 6.12. The summed E-state index contributed by atoms with van der Waals surface area (Å²) < 4.78 is 2.28. The zero-order valence-corrected chi connectivity index (χ0v) is 24.0. The first-order valence-electron chi connectivity index (χ1n) is 14.8. The second-order valence-corrected chi connectivity index (χ2v) is 10.7. The Kier molecular flexibility index (Phi) is 12.5. The molecule has 39 heavy (non-hydrogen) atoms. The molecule has 212 valence electrons. The summed E-state index contributed by atoms with van der Waals surface area (Å²) in [5.41, 5.74) is 3.51. The Hall–Kier alpha value is -3.22. The number of aromatic nitrogens is 1. The molecule has 0 amide bonds. The van der Waals surface area contributed by atoms with Crippen molar-refractivity contribution in [1.29, 1.82) is 0 Å². The van der Waals surface area contributed by atoms with Crippen LogP contribution in [0.4, 0.5) is 5.69 Å². The molecule has 0 radical (unpaired) electrons. The van der Waals surface area contributed by atoms with Crippen molar-refractivity contribution < 1.29 is 14.6 Å². The summed E-state index contributed by atoms with van der Waals surface area (Å²) in [6, 6.07) is 11.1. The van der Waals surface area contributed by atoms with Crippen LogP contribution in [-0.4, -0.2) is 21.2 Å². The van der Waals surface area contributed by atoms with E-state index in [0.717, 1.165) is 40.3 Å². The van der Waals surface area contributed by atoms with Gasteiger partial charge in [0.15, 0.2) is 0 Å². The number of aryl methyl sites for hydroxylation is 1. The van der Waals surface area contributed by atoms with Crippen molar-refractivity contribution in [3.63, 3.8) is 0 Å². The number of hydrogen-bond acceptors (Lipinski definition) is 5. The van der Waals surface area contributed by atoms with Crippen LogP contribution in [0.15, 0.2) is 41.6 Å². The number of hydrogen-bond donors (Lipinski definition) is 0. The molecular formula is C32H45N3O4. The van der Waals surface area contributed by atoms with Crippen LogP contribution >= 0.6 is 0 Å². The van der Waals surface area contributed by atoms with Crippen molar-refractivity contribution >= 4 is 39.2 Å². The van der Waals surface area contributed by atoms with E-state index < -0.39 is 5.97 Å². The lowest BCUT2D eigenvalue weighted by atomic mass is 10.0. The van der Waals surface area contributed by atoms with E-state index in [1.165, 1.54) is 90.4 Å². The Morgan fingerprint density at radius 3 is 1.85 bits per heavy atom. The van der Waals surface area contributed by atoms with Crippen LogP contribution in [0, 0.1) is 10.1 Å². The minimum atomic E-state index is -0.476. The average Bonchev–Trinajstić information content (AvgIpc) is 3.24. The van der Waals surface area contributed by atoms with Gasteiger partial charge in [0.25, 0.3) is 5.69 Å². The van der Waals surface area contributed by atoms with Gasteiger partial charge in [0, 0.05) is 47.4 Å². The fourth-order valence-electron chi connectivity index (χ4n) is 5.32. The lowest BCUT2D eigenvalue weighted by molar-refractivity contribution is -0.384. The van der Waals surface area contributed by atoms with Gasteiger partial charge in [-0.25, -0.2) is 4.79 Å². The third-order valence-corrected chi connectivity index (χ3v) is 7.52. The van der Waals surface area contributed by atoms with Crippen molar-refractivity contribution in [3.8, 4) is 0 Å². The molecule has 0 bridgehead atoms. The molecule has 0 aliphatic heterocycles. The number of nitro benzene ring substituents is 1. The molecule has 7 nitrogen and oxygen atoms in total. The van der Waals surface area contributed by atoms with Crippen molar-refractivity contribution in [3.05, 3.63) is 52.1 Å². The van der Waals surface area contributed by atoms with E-state index in [1.807, 2.05) is 24.3 Å². The van der Waals surface area contributed by atoms with Gasteiger partial charge >= 0.3 is 5.97 Å². The Bertz CT molecular complexity index is 1260. The van der Waals surface area contributed by atoms with Gasteiger partial charge in [-0.2, -0.15) is 0 Å². The zero-order valence-electron chi connectivity index (χ0n) is 24.0. The van der Waals surface area contributed by atoms with Crippen LogP contribution in [0.25, 0.3) is 21.8 Å². The third kappa shape index (κ3) is 9.19. The summed E-state index contributed by atoms with van der Waals surface area (Å²) in [4.78, 5) is 27.1. The minimum absolute atomic E-state index is 0.0775. The predicted molar refractivity (Wildman–Crippen MR) is 160 cm³/mol. The number of oxime groups is 1. The number of benzene rings is 2.